The Labute approximate surface area is 161 Å². The van der Waals surface area contributed by atoms with Crippen LogP contribution in [0.5, 0.6) is 0 Å². The van der Waals surface area contributed by atoms with Crippen LogP contribution in [0.15, 0.2) is 17.4 Å². The minimum absolute atomic E-state index is 0.0674. The molecule has 0 spiro atoms. The highest BCUT2D eigenvalue weighted by molar-refractivity contribution is 5.98. The van der Waals surface area contributed by atoms with Gasteiger partial charge in [0.1, 0.15) is 6.54 Å². The fourth-order valence-corrected chi connectivity index (χ4v) is 3.76. The van der Waals surface area contributed by atoms with Gasteiger partial charge in [0.25, 0.3) is 0 Å². The van der Waals surface area contributed by atoms with E-state index in [2.05, 4.69) is 15.4 Å². The Balaban J connectivity index is 1.38. The number of ether oxygens (including phenoxy) is 1. The summed E-state index contributed by atoms with van der Waals surface area (Å²) in [6.07, 6.45) is 11.4. The molecule has 1 aromatic rings. The molecule has 1 aromatic heterocycles. The summed E-state index contributed by atoms with van der Waals surface area (Å²) >= 11 is 0. The zero-order chi connectivity index (χ0) is 19.1. The maximum absolute atomic E-state index is 12.5. The Morgan fingerprint density at radius 3 is 2.81 bits per heavy atom. The molecule has 1 amide bonds. The highest BCUT2D eigenvalue weighted by atomic mass is 16.5. The first kappa shape index (κ1) is 19.7. The Morgan fingerprint density at radius 2 is 2.15 bits per heavy atom. The van der Waals surface area contributed by atoms with Gasteiger partial charge in [-0.1, -0.05) is 19.3 Å². The van der Waals surface area contributed by atoms with E-state index in [9.17, 15) is 4.79 Å². The van der Waals surface area contributed by atoms with Crippen molar-refractivity contribution in [2.75, 3.05) is 44.7 Å². The van der Waals surface area contributed by atoms with Gasteiger partial charge in [0.05, 0.1) is 18.0 Å². The third-order valence-corrected chi connectivity index (χ3v) is 5.24. The van der Waals surface area contributed by atoms with Gasteiger partial charge in [0.15, 0.2) is 5.96 Å². The highest BCUT2D eigenvalue weighted by Crippen LogP contribution is 2.20. The summed E-state index contributed by atoms with van der Waals surface area (Å²) in [5.74, 6) is 0.852. The third kappa shape index (κ3) is 5.45. The maximum Gasteiger partial charge on any atom is 0.246 e. The standard InChI is InChI=1S/C19H32N6O2/c1-20-19(21-9-6-12-27-17-7-4-3-5-8-17)24-10-11-25(18(26)15-24)16-13-22-23(2)14-16/h13-14,17H,3-12,15H2,1-2H3,(H,20,21). The molecule has 1 saturated heterocycles. The normalized spacial score (nSPS) is 19.6. The second-order valence-electron chi connectivity index (χ2n) is 7.30. The van der Waals surface area contributed by atoms with Crippen LogP contribution < -0.4 is 10.2 Å². The quantitative estimate of drug-likeness (QED) is 0.461. The van der Waals surface area contributed by atoms with E-state index < -0.39 is 0 Å². The first-order chi connectivity index (χ1) is 13.2. The molecule has 1 aliphatic carbocycles. The number of hydrogen-bond acceptors (Lipinski definition) is 4. The largest absolute Gasteiger partial charge is 0.378 e. The van der Waals surface area contributed by atoms with Crippen LogP contribution in [0.4, 0.5) is 5.69 Å². The number of piperazine rings is 1. The fraction of sp³-hybridized carbons (Fsp3) is 0.737. The smallest absolute Gasteiger partial charge is 0.246 e. The van der Waals surface area contributed by atoms with E-state index in [1.807, 2.05) is 18.1 Å². The van der Waals surface area contributed by atoms with E-state index in [1.165, 1.54) is 32.1 Å². The number of rotatable bonds is 6. The summed E-state index contributed by atoms with van der Waals surface area (Å²) in [4.78, 5) is 20.7. The first-order valence-corrected chi connectivity index (χ1v) is 10.0. The minimum Gasteiger partial charge on any atom is -0.378 e. The summed E-state index contributed by atoms with van der Waals surface area (Å²) in [6, 6.07) is 0. The van der Waals surface area contributed by atoms with Gasteiger partial charge in [-0.25, -0.2) is 0 Å². The molecule has 1 saturated carbocycles. The average molecular weight is 377 g/mol. The van der Waals surface area contributed by atoms with Crippen LogP contribution in [-0.2, 0) is 16.6 Å². The van der Waals surface area contributed by atoms with Gasteiger partial charge >= 0.3 is 0 Å². The Hall–Kier alpha value is -2.09. The number of anilines is 1. The van der Waals surface area contributed by atoms with Gasteiger partial charge in [0, 0.05) is 46.5 Å². The Kier molecular flexibility index (Phi) is 7.09. The second kappa shape index (κ2) is 9.73. The molecular weight excluding hydrogens is 344 g/mol. The van der Waals surface area contributed by atoms with Crippen LogP contribution in [0.3, 0.4) is 0 Å². The summed E-state index contributed by atoms with van der Waals surface area (Å²) in [5.41, 5.74) is 0.852. The summed E-state index contributed by atoms with van der Waals surface area (Å²) in [7, 11) is 3.62. The number of aromatic nitrogens is 2. The highest BCUT2D eigenvalue weighted by Gasteiger charge is 2.27. The average Bonchev–Trinajstić information content (AvgIpc) is 3.11. The molecule has 27 heavy (non-hydrogen) atoms. The second-order valence-corrected chi connectivity index (χ2v) is 7.30. The number of aryl methyl sites for hydroxylation is 1. The van der Waals surface area contributed by atoms with E-state index in [4.69, 9.17) is 4.74 Å². The van der Waals surface area contributed by atoms with Crippen LogP contribution in [0.1, 0.15) is 38.5 Å². The van der Waals surface area contributed by atoms with Crippen molar-refractivity contribution in [2.24, 2.45) is 12.0 Å². The molecule has 2 heterocycles. The van der Waals surface area contributed by atoms with Crippen molar-refractivity contribution in [3.8, 4) is 0 Å². The molecule has 0 atom stereocenters. The predicted octanol–water partition coefficient (Wildman–Crippen LogP) is 1.38. The lowest BCUT2D eigenvalue weighted by Crippen LogP contribution is -2.55. The third-order valence-electron chi connectivity index (χ3n) is 5.24. The van der Waals surface area contributed by atoms with Crippen molar-refractivity contribution in [3.05, 3.63) is 12.4 Å². The van der Waals surface area contributed by atoms with Gasteiger partial charge in [-0.2, -0.15) is 5.10 Å². The SMILES string of the molecule is CN=C(NCCCOC1CCCCC1)N1CCN(c2cnn(C)c2)C(=O)C1. The molecule has 8 heteroatoms. The topological polar surface area (TPSA) is 75.0 Å². The van der Waals surface area contributed by atoms with Crippen molar-refractivity contribution >= 4 is 17.6 Å². The summed E-state index contributed by atoms with van der Waals surface area (Å²) in [5, 5.41) is 7.51. The number of amides is 1. The number of nitrogens with zero attached hydrogens (tertiary/aromatic N) is 5. The molecule has 8 nitrogen and oxygen atoms in total. The van der Waals surface area contributed by atoms with Gasteiger partial charge in [-0.15, -0.1) is 0 Å². The fourth-order valence-electron chi connectivity index (χ4n) is 3.76. The molecule has 150 valence electrons. The number of carbonyl (C=O) groups excluding carboxylic acids is 1. The van der Waals surface area contributed by atoms with Crippen molar-refractivity contribution in [3.63, 3.8) is 0 Å². The van der Waals surface area contributed by atoms with Crippen LogP contribution in [-0.4, -0.2) is 72.5 Å². The van der Waals surface area contributed by atoms with Gasteiger partial charge in [-0.05, 0) is 19.3 Å². The molecule has 0 unspecified atom stereocenters. The molecule has 0 aromatic carbocycles. The van der Waals surface area contributed by atoms with Crippen LogP contribution >= 0.6 is 0 Å². The number of aliphatic imine (C=N–C) groups is 1. The zero-order valence-corrected chi connectivity index (χ0v) is 16.6. The van der Waals surface area contributed by atoms with Crippen molar-refractivity contribution < 1.29 is 9.53 Å². The van der Waals surface area contributed by atoms with E-state index in [0.29, 0.717) is 19.2 Å². The predicted molar refractivity (Wildman–Crippen MR) is 106 cm³/mol. The summed E-state index contributed by atoms with van der Waals surface area (Å²) < 4.78 is 7.68. The van der Waals surface area contributed by atoms with E-state index >= 15 is 0 Å². The van der Waals surface area contributed by atoms with Gasteiger partial charge in [-0.3, -0.25) is 14.5 Å². The lowest BCUT2D eigenvalue weighted by molar-refractivity contribution is -0.120. The maximum atomic E-state index is 12.5. The number of carbonyl (C=O) groups is 1. The Bertz CT molecular complexity index is 638. The molecule has 1 N–H and O–H groups in total. The number of hydrogen-bond donors (Lipinski definition) is 1. The minimum atomic E-state index is 0.0674. The molecule has 3 rings (SSSR count). The molecule has 0 radical (unpaired) electrons. The summed E-state index contributed by atoms with van der Waals surface area (Å²) in [6.45, 7) is 3.29. The number of nitrogens with one attached hydrogen (secondary N) is 1. The lowest BCUT2D eigenvalue weighted by atomic mass is 9.98. The molecular formula is C19H32N6O2. The van der Waals surface area contributed by atoms with E-state index in [1.54, 1.807) is 22.8 Å². The molecule has 0 bridgehead atoms. The number of guanidine groups is 1. The van der Waals surface area contributed by atoms with Crippen LogP contribution in [0.2, 0.25) is 0 Å². The van der Waals surface area contributed by atoms with Crippen LogP contribution in [0, 0.1) is 0 Å². The van der Waals surface area contributed by atoms with Gasteiger partial charge < -0.3 is 19.9 Å². The lowest BCUT2D eigenvalue weighted by Gasteiger charge is -2.35. The Morgan fingerprint density at radius 1 is 1.33 bits per heavy atom. The zero-order valence-electron chi connectivity index (χ0n) is 16.6. The van der Waals surface area contributed by atoms with Crippen molar-refractivity contribution in [1.82, 2.24) is 20.0 Å². The van der Waals surface area contributed by atoms with Gasteiger partial charge in [0.2, 0.25) is 5.91 Å². The van der Waals surface area contributed by atoms with Crippen molar-refractivity contribution in [2.45, 2.75) is 44.6 Å². The van der Waals surface area contributed by atoms with E-state index in [0.717, 1.165) is 37.8 Å². The van der Waals surface area contributed by atoms with Crippen molar-refractivity contribution in [1.29, 1.82) is 0 Å². The molecule has 2 aliphatic rings. The molecule has 2 fully saturated rings. The monoisotopic (exact) mass is 376 g/mol. The van der Waals surface area contributed by atoms with E-state index in [-0.39, 0.29) is 5.91 Å². The molecule has 1 aliphatic heterocycles. The first-order valence-electron chi connectivity index (χ1n) is 10.0. The van der Waals surface area contributed by atoms with Crippen LogP contribution in [0.25, 0.3) is 0 Å².